The molecule has 4 nitrogen and oxygen atoms in total. The first-order chi connectivity index (χ1) is 7.69. The molecule has 2 unspecified atom stereocenters. The molecule has 16 heavy (non-hydrogen) atoms. The highest BCUT2D eigenvalue weighted by molar-refractivity contribution is 5.83. The van der Waals surface area contributed by atoms with Crippen molar-refractivity contribution in [2.24, 2.45) is 0 Å². The molecule has 0 aromatic rings. The van der Waals surface area contributed by atoms with E-state index in [2.05, 4.69) is 6.92 Å². The van der Waals surface area contributed by atoms with Crippen LogP contribution in [-0.4, -0.2) is 45.9 Å². The fourth-order valence-corrected chi connectivity index (χ4v) is 1.53. The SMILES string of the molecule is CCCCC(=O)C(CC(COC)OC)OC. The van der Waals surface area contributed by atoms with Crippen LogP contribution in [0.5, 0.6) is 0 Å². The minimum Gasteiger partial charge on any atom is -0.382 e. The molecule has 0 aliphatic carbocycles. The quantitative estimate of drug-likeness (QED) is 0.576. The van der Waals surface area contributed by atoms with Crippen LogP contribution in [0, 0.1) is 0 Å². The van der Waals surface area contributed by atoms with Gasteiger partial charge in [0, 0.05) is 34.2 Å². The van der Waals surface area contributed by atoms with Crippen LogP contribution in [0.3, 0.4) is 0 Å². The Morgan fingerprint density at radius 2 is 1.88 bits per heavy atom. The van der Waals surface area contributed by atoms with E-state index in [9.17, 15) is 4.79 Å². The van der Waals surface area contributed by atoms with Crippen LogP contribution in [-0.2, 0) is 19.0 Å². The fraction of sp³-hybridized carbons (Fsp3) is 0.917. The van der Waals surface area contributed by atoms with E-state index in [4.69, 9.17) is 14.2 Å². The summed E-state index contributed by atoms with van der Waals surface area (Å²) in [6.07, 6.45) is 2.63. The largest absolute Gasteiger partial charge is 0.382 e. The molecule has 0 aromatic heterocycles. The van der Waals surface area contributed by atoms with E-state index in [-0.39, 0.29) is 18.0 Å². The normalized spacial score (nSPS) is 14.8. The third-order valence-electron chi connectivity index (χ3n) is 2.58. The molecule has 0 saturated heterocycles. The van der Waals surface area contributed by atoms with Crippen molar-refractivity contribution in [1.29, 1.82) is 0 Å². The summed E-state index contributed by atoms with van der Waals surface area (Å²) in [5, 5.41) is 0. The molecule has 0 rings (SSSR count). The lowest BCUT2D eigenvalue weighted by molar-refractivity contribution is -0.131. The second-order valence-electron chi connectivity index (χ2n) is 3.84. The second kappa shape index (κ2) is 9.75. The van der Waals surface area contributed by atoms with Crippen molar-refractivity contribution in [3.63, 3.8) is 0 Å². The summed E-state index contributed by atoms with van der Waals surface area (Å²) in [5.41, 5.74) is 0. The lowest BCUT2D eigenvalue weighted by Crippen LogP contribution is -2.31. The Balaban J connectivity index is 4.09. The number of carbonyl (C=O) groups excluding carboxylic acids is 1. The number of ether oxygens (including phenoxy) is 3. The Labute approximate surface area is 98.3 Å². The van der Waals surface area contributed by atoms with Crippen LogP contribution in [0.1, 0.15) is 32.6 Å². The standard InChI is InChI=1S/C12H24O4/c1-5-6-7-11(13)12(16-4)8-10(15-3)9-14-2/h10,12H,5-9H2,1-4H3. The number of methoxy groups -OCH3 is 3. The lowest BCUT2D eigenvalue weighted by atomic mass is 10.0. The van der Waals surface area contributed by atoms with Crippen molar-refractivity contribution in [2.45, 2.75) is 44.8 Å². The summed E-state index contributed by atoms with van der Waals surface area (Å²) in [6, 6.07) is 0. The predicted molar refractivity (Wildman–Crippen MR) is 62.6 cm³/mol. The van der Waals surface area contributed by atoms with Crippen LogP contribution in [0.4, 0.5) is 0 Å². The van der Waals surface area contributed by atoms with Crippen molar-refractivity contribution in [3.8, 4) is 0 Å². The Kier molecular flexibility index (Phi) is 9.48. The highest BCUT2D eigenvalue weighted by atomic mass is 16.5. The van der Waals surface area contributed by atoms with Gasteiger partial charge in [-0.05, 0) is 6.42 Å². The molecular formula is C12H24O4. The van der Waals surface area contributed by atoms with E-state index < -0.39 is 0 Å². The second-order valence-corrected chi connectivity index (χ2v) is 3.84. The molecule has 0 N–H and O–H groups in total. The zero-order valence-electron chi connectivity index (χ0n) is 10.8. The van der Waals surface area contributed by atoms with Crippen molar-refractivity contribution in [2.75, 3.05) is 27.9 Å². The Bertz CT molecular complexity index is 182. The molecule has 0 amide bonds. The van der Waals surface area contributed by atoms with Gasteiger partial charge in [0.2, 0.25) is 0 Å². The smallest absolute Gasteiger partial charge is 0.161 e. The van der Waals surface area contributed by atoms with Gasteiger partial charge in [-0.15, -0.1) is 0 Å². The number of hydrogen-bond donors (Lipinski definition) is 0. The maximum absolute atomic E-state index is 11.8. The highest BCUT2D eigenvalue weighted by Crippen LogP contribution is 2.10. The number of hydrogen-bond acceptors (Lipinski definition) is 4. The predicted octanol–water partition coefficient (Wildman–Crippen LogP) is 1.81. The summed E-state index contributed by atoms with van der Waals surface area (Å²) < 4.78 is 15.4. The number of Topliss-reactive ketones (excluding diaryl/α,β-unsaturated/α-hetero) is 1. The molecule has 0 radical (unpaired) electrons. The molecule has 0 aliphatic heterocycles. The molecule has 0 heterocycles. The van der Waals surface area contributed by atoms with Gasteiger partial charge < -0.3 is 14.2 Å². The van der Waals surface area contributed by atoms with Gasteiger partial charge in [0.15, 0.2) is 5.78 Å². The lowest BCUT2D eigenvalue weighted by Gasteiger charge is -2.20. The maximum atomic E-state index is 11.8. The van der Waals surface area contributed by atoms with Crippen LogP contribution < -0.4 is 0 Å². The van der Waals surface area contributed by atoms with Crippen molar-refractivity contribution < 1.29 is 19.0 Å². The Hall–Kier alpha value is -0.450. The number of unbranched alkanes of at least 4 members (excludes halogenated alkanes) is 1. The van der Waals surface area contributed by atoms with Crippen molar-refractivity contribution in [1.82, 2.24) is 0 Å². The Morgan fingerprint density at radius 3 is 2.31 bits per heavy atom. The van der Waals surface area contributed by atoms with Crippen LogP contribution in [0.15, 0.2) is 0 Å². The van der Waals surface area contributed by atoms with E-state index in [1.165, 1.54) is 0 Å². The van der Waals surface area contributed by atoms with Gasteiger partial charge in [0.05, 0.1) is 12.7 Å². The highest BCUT2D eigenvalue weighted by Gasteiger charge is 2.21. The van der Waals surface area contributed by atoms with Crippen LogP contribution in [0.2, 0.25) is 0 Å². The minimum atomic E-state index is -0.369. The van der Waals surface area contributed by atoms with Crippen LogP contribution in [0.25, 0.3) is 0 Å². The number of carbonyl (C=O) groups is 1. The van der Waals surface area contributed by atoms with Gasteiger partial charge in [0.1, 0.15) is 6.10 Å². The average molecular weight is 232 g/mol. The Morgan fingerprint density at radius 1 is 1.19 bits per heavy atom. The van der Waals surface area contributed by atoms with Gasteiger partial charge in [0.25, 0.3) is 0 Å². The van der Waals surface area contributed by atoms with E-state index in [0.29, 0.717) is 19.4 Å². The van der Waals surface area contributed by atoms with Crippen molar-refractivity contribution >= 4 is 5.78 Å². The molecule has 96 valence electrons. The first-order valence-corrected chi connectivity index (χ1v) is 5.76. The first kappa shape index (κ1) is 15.6. The molecule has 4 heteroatoms. The van der Waals surface area contributed by atoms with Gasteiger partial charge in [-0.2, -0.15) is 0 Å². The summed E-state index contributed by atoms with van der Waals surface area (Å²) in [7, 11) is 4.80. The summed E-state index contributed by atoms with van der Waals surface area (Å²) >= 11 is 0. The third kappa shape index (κ3) is 6.20. The molecule has 0 fully saturated rings. The topological polar surface area (TPSA) is 44.8 Å². The summed E-state index contributed by atoms with van der Waals surface area (Å²) in [4.78, 5) is 11.8. The molecule has 0 bridgehead atoms. The van der Waals surface area contributed by atoms with Gasteiger partial charge in [-0.1, -0.05) is 13.3 Å². The average Bonchev–Trinajstić information content (AvgIpc) is 2.31. The minimum absolute atomic E-state index is 0.0828. The summed E-state index contributed by atoms with van der Waals surface area (Å²) in [6.45, 7) is 2.55. The zero-order valence-corrected chi connectivity index (χ0v) is 10.8. The fourth-order valence-electron chi connectivity index (χ4n) is 1.53. The molecule has 0 aromatic carbocycles. The van der Waals surface area contributed by atoms with Gasteiger partial charge in [-0.3, -0.25) is 4.79 Å². The van der Waals surface area contributed by atoms with Gasteiger partial charge >= 0.3 is 0 Å². The van der Waals surface area contributed by atoms with E-state index >= 15 is 0 Å². The number of ketones is 1. The first-order valence-electron chi connectivity index (χ1n) is 5.76. The van der Waals surface area contributed by atoms with Crippen LogP contribution >= 0.6 is 0 Å². The van der Waals surface area contributed by atoms with Gasteiger partial charge in [-0.25, -0.2) is 0 Å². The maximum Gasteiger partial charge on any atom is 0.161 e. The summed E-state index contributed by atoms with van der Waals surface area (Å²) in [5.74, 6) is 0.155. The molecule has 0 aliphatic rings. The van der Waals surface area contributed by atoms with Crippen molar-refractivity contribution in [3.05, 3.63) is 0 Å². The van der Waals surface area contributed by atoms with E-state index in [0.717, 1.165) is 12.8 Å². The molecule has 0 saturated carbocycles. The molecule has 2 atom stereocenters. The molecule has 0 spiro atoms. The number of rotatable bonds is 10. The zero-order chi connectivity index (χ0) is 12.4. The third-order valence-corrected chi connectivity index (χ3v) is 2.58. The van der Waals surface area contributed by atoms with E-state index in [1.54, 1.807) is 21.3 Å². The van der Waals surface area contributed by atoms with E-state index in [1.807, 2.05) is 0 Å². The molecular weight excluding hydrogens is 208 g/mol. The monoisotopic (exact) mass is 232 g/mol.